The third kappa shape index (κ3) is 3.62. The summed E-state index contributed by atoms with van der Waals surface area (Å²) in [5, 5.41) is 3.35. The van der Waals surface area contributed by atoms with E-state index in [0.717, 1.165) is 12.8 Å². The lowest BCUT2D eigenvalue weighted by molar-refractivity contribution is 0.177. The Morgan fingerprint density at radius 2 is 2.05 bits per heavy atom. The maximum absolute atomic E-state index is 13.8. The minimum Gasteiger partial charge on any atom is -0.497 e. The number of halogens is 1. The quantitative estimate of drug-likeness (QED) is 0.871. The second-order valence-electron chi connectivity index (χ2n) is 6.60. The van der Waals surface area contributed by atoms with Crippen LogP contribution in [0.5, 0.6) is 5.75 Å². The number of methoxy groups -OCH3 is 1. The summed E-state index contributed by atoms with van der Waals surface area (Å²) in [7, 11) is 1.60. The van der Waals surface area contributed by atoms with E-state index in [-0.39, 0.29) is 5.82 Å². The molecule has 1 aliphatic rings. The minimum atomic E-state index is -0.211. The number of hydrogen-bond acceptors (Lipinski definition) is 2. The van der Waals surface area contributed by atoms with Crippen LogP contribution in [0.3, 0.4) is 0 Å². The van der Waals surface area contributed by atoms with E-state index in [1.165, 1.54) is 12.5 Å². The largest absolute Gasteiger partial charge is 0.497 e. The van der Waals surface area contributed by atoms with Gasteiger partial charge in [0.1, 0.15) is 11.6 Å². The van der Waals surface area contributed by atoms with Gasteiger partial charge in [-0.1, -0.05) is 20.8 Å². The Morgan fingerprint density at radius 1 is 1.32 bits per heavy atom. The number of hydrogen-bond donors (Lipinski definition) is 1. The third-order valence-corrected chi connectivity index (χ3v) is 3.92. The smallest absolute Gasteiger partial charge is 0.146 e. The number of nitrogens with one attached hydrogen (secondary N) is 1. The van der Waals surface area contributed by atoms with Gasteiger partial charge in [-0.25, -0.2) is 4.39 Å². The van der Waals surface area contributed by atoms with Crippen LogP contribution in [-0.2, 0) is 0 Å². The lowest BCUT2D eigenvalue weighted by Gasteiger charge is -2.39. The first-order valence-electron chi connectivity index (χ1n) is 7.00. The van der Waals surface area contributed by atoms with Crippen molar-refractivity contribution in [2.75, 3.05) is 12.4 Å². The molecule has 2 unspecified atom stereocenters. The molecule has 2 atom stereocenters. The molecular weight excluding hydrogens is 241 g/mol. The molecule has 1 N–H and O–H groups in total. The molecule has 1 fully saturated rings. The van der Waals surface area contributed by atoms with Gasteiger partial charge in [-0.15, -0.1) is 0 Å². The zero-order chi connectivity index (χ0) is 14.0. The first-order chi connectivity index (χ1) is 8.89. The van der Waals surface area contributed by atoms with E-state index in [2.05, 4.69) is 26.1 Å². The van der Waals surface area contributed by atoms with Gasteiger partial charge >= 0.3 is 0 Å². The van der Waals surface area contributed by atoms with E-state index in [1.54, 1.807) is 19.2 Å². The average molecular weight is 265 g/mol. The van der Waals surface area contributed by atoms with Gasteiger partial charge in [-0.3, -0.25) is 0 Å². The molecule has 0 spiro atoms. The molecule has 1 aromatic rings. The fourth-order valence-corrected chi connectivity index (χ4v) is 3.42. The van der Waals surface area contributed by atoms with Crippen LogP contribution < -0.4 is 10.1 Å². The van der Waals surface area contributed by atoms with Gasteiger partial charge in [0.25, 0.3) is 0 Å². The molecule has 1 aromatic carbocycles. The summed E-state index contributed by atoms with van der Waals surface area (Å²) in [6.07, 6.45) is 3.42. The van der Waals surface area contributed by atoms with Gasteiger partial charge in [-0.05, 0) is 42.7 Å². The molecule has 0 heterocycles. The fourth-order valence-electron chi connectivity index (χ4n) is 3.42. The number of rotatable bonds is 3. The van der Waals surface area contributed by atoms with Crippen LogP contribution in [0.1, 0.15) is 40.0 Å². The van der Waals surface area contributed by atoms with Gasteiger partial charge in [0.15, 0.2) is 0 Å². The highest BCUT2D eigenvalue weighted by molar-refractivity contribution is 5.50. The standard InChI is InChI=1S/C16H24FNO/c1-11-7-12(10-16(2,3)9-11)18-15-8-13(19-4)5-6-14(15)17/h5-6,8,11-12,18H,7,9-10H2,1-4H3. The molecule has 1 saturated carbocycles. The predicted octanol–water partition coefficient (Wildman–Crippen LogP) is 4.46. The average Bonchev–Trinajstić information content (AvgIpc) is 2.29. The molecule has 1 aliphatic carbocycles. The summed E-state index contributed by atoms with van der Waals surface area (Å²) in [4.78, 5) is 0. The molecule has 19 heavy (non-hydrogen) atoms. The summed E-state index contributed by atoms with van der Waals surface area (Å²) in [5.74, 6) is 1.15. The second kappa shape index (κ2) is 5.40. The van der Waals surface area contributed by atoms with Crippen LogP contribution in [-0.4, -0.2) is 13.2 Å². The summed E-state index contributed by atoms with van der Waals surface area (Å²) in [6, 6.07) is 5.18. The lowest BCUT2D eigenvalue weighted by atomic mass is 9.70. The van der Waals surface area contributed by atoms with Gasteiger partial charge < -0.3 is 10.1 Å². The molecule has 2 nitrogen and oxygen atoms in total. The maximum Gasteiger partial charge on any atom is 0.146 e. The third-order valence-electron chi connectivity index (χ3n) is 3.92. The number of benzene rings is 1. The second-order valence-corrected chi connectivity index (χ2v) is 6.60. The number of anilines is 1. The van der Waals surface area contributed by atoms with Gasteiger partial charge in [0.2, 0.25) is 0 Å². The van der Waals surface area contributed by atoms with Gasteiger partial charge in [0.05, 0.1) is 12.8 Å². The summed E-state index contributed by atoms with van der Waals surface area (Å²) in [5.41, 5.74) is 0.874. The monoisotopic (exact) mass is 265 g/mol. The van der Waals surface area contributed by atoms with Crippen LogP contribution in [0.25, 0.3) is 0 Å². The van der Waals surface area contributed by atoms with E-state index < -0.39 is 0 Å². The Balaban J connectivity index is 2.12. The van der Waals surface area contributed by atoms with Gasteiger partial charge in [-0.2, -0.15) is 0 Å². The SMILES string of the molecule is COc1ccc(F)c(NC2CC(C)CC(C)(C)C2)c1. The van der Waals surface area contributed by atoms with E-state index >= 15 is 0 Å². The minimum absolute atomic E-state index is 0.211. The molecule has 0 saturated heterocycles. The first-order valence-corrected chi connectivity index (χ1v) is 7.00. The highest BCUT2D eigenvalue weighted by Gasteiger charge is 2.32. The molecule has 0 amide bonds. The van der Waals surface area contributed by atoms with E-state index in [0.29, 0.717) is 28.8 Å². The van der Waals surface area contributed by atoms with Crippen molar-refractivity contribution in [2.24, 2.45) is 11.3 Å². The maximum atomic E-state index is 13.8. The molecule has 106 valence electrons. The van der Waals surface area contributed by atoms with Crippen molar-refractivity contribution < 1.29 is 9.13 Å². The van der Waals surface area contributed by atoms with Gasteiger partial charge in [0, 0.05) is 12.1 Å². The van der Waals surface area contributed by atoms with Crippen LogP contribution >= 0.6 is 0 Å². The van der Waals surface area contributed by atoms with E-state index in [9.17, 15) is 4.39 Å². The molecule has 0 aromatic heterocycles. The van der Waals surface area contributed by atoms with Crippen molar-refractivity contribution in [1.29, 1.82) is 0 Å². The Morgan fingerprint density at radius 3 is 2.68 bits per heavy atom. The Labute approximate surface area is 115 Å². The molecular formula is C16H24FNO. The first kappa shape index (κ1) is 14.2. The Bertz CT molecular complexity index is 444. The van der Waals surface area contributed by atoms with Crippen molar-refractivity contribution in [2.45, 2.75) is 46.1 Å². The van der Waals surface area contributed by atoms with Crippen LogP contribution in [0.4, 0.5) is 10.1 Å². The van der Waals surface area contributed by atoms with Crippen LogP contribution in [0.15, 0.2) is 18.2 Å². The Kier molecular flexibility index (Phi) is 4.02. The normalized spacial score (nSPS) is 25.9. The fraction of sp³-hybridized carbons (Fsp3) is 0.625. The highest BCUT2D eigenvalue weighted by atomic mass is 19.1. The molecule has 0 bridgehead atoms. The molecule has 0 radical (unpaired) electrons. The lowest BCUT2D eigenvalue weighted by Crippen LogP contribution is -2.35. The van der Waals surface area contributed by atoms with E-state index in [4.69, 9.17) is 4.74 Å². The summed E-state index contributed by atoms with van der Waals surface area (Å²) in [6.45, 7) is 6.86. The van der Waals surface area contributed by atoms with Crippen molar-refractivity contribution in [3.05, 3.63) is 24.0 Å². The highest BCUT2D eigenvalue weighted by Crippen LogP contribution is 2.39. The molecule has 3 heteroatoms. The number of ether oxygens (including phenoxy) is 1. The van der Waals surface area contributed by atoms with Crippen molar-refractivity contribution in [3.63, 3.8) is 0 Å². The molecule has 0 aliphatic heterocycles. The predicted molar refractivity (Wildman–Crippen MR) is 77.2 cm³/mol. The topological polar surface area (TPSA) is 21.3 Å². The summed E-state index contributed by atoms with van der Waals surface area (Å²) >= 11 is 0. The zero-order valence-electron chi connectivity index (χ0n) is 12.3. The van der Waals surface area contributed by atoms with E-state index in [1.807, 2.05) is 0 Å². The van der Waals surface area contributed by atoms with Crippen LogP contribution in [0, 0.1) is 17.2 Å². The van der Waals surface area contributed by atoms with Crippen LogP contribution in [0.2, 0.25) is 0 Å². The molecule has 2 rings (SSSR count). The van der Waals surface area contributed by atoms with Crippen molar-refractivity contribution >= 4 is 5.69 Å². The Hall–Kier alpha value is -1.25. The zero-order valence-corrected chi connectivity index (χ0v) is 12.3. The van der Waals surface area contributed by atoms with Crippen molar-refractivity contribution in [3.8, 4) is 5.75 Å². The summed E-state index contributed by atoms with van der Waals surface area (Å²) < 4.78 is 19.0. The van der Waals surface area contributed by atoms with Crippen molar-refractivity contribution in [1.82, 2.24) is 0 Å².